The first-order valence-corrected chi connectivity index (χ1v) is 4.95. The van der Waals surface area contributed by atoms with E-state index in [0.717, 1.165) is 0 Å². The fourth-order valence-electron chi connectivity index (χ4n) is 0.790. The highest BCUT2D eigenvalue weighted by Gasteiger charge is 2.77. The molecule has 0 spiro atoms. The van der Waals surface area contributed by atoms with E-state index in [1.54, 1.807) is 4.74 Å². The summed E-state index contributed by atoms with van der Waals surface area (Å²) in [5.41, 5.74) is 0. The van der Waals surface area contributed by atoms with Crippen LogP contribution in [0.5, 0.6) is 0 Å². The molecule has 0 saturated heterocycles. The molecule has 0 rings (SSSR count). The summed E-state index contributed by atoms with van der Waals surface area (Å²) in [6, 6.07) is 0. The van der Waals surface area contributed by atoms with Gasteiger partial charge < -0.3 is 0 Å². The number of halogens is 12. The van der Waals surface area contributed by atoms with E-state index in [1.807, 2.05) is 0 Å². The SMILES string of the molecule is COC(F)(F)OC(F)(F)C(F)(F)OC(F)(F)C(F)(F)C(C)(F)F. The predicted octanol–water partition coefficient (Wildman–Crippen LogP) is 4.29. The molecular weight excluding hydrogens is 372 g/mol. The van der Waals surface area contributed by atoms with Crippen LogP contribution < -0.4 is 0 Å². The Morgan fingerprint density at radius 2 is 0.913 bits per heavy atom. The van der Waals surface area contributed by atoms with Gasteiger partial charge in [-0.3, -0.25) is 4.74 Å². The van der Waals surface area contributed by atoms with E-state index in [4.69, 9.17) is 0 Å². The minimum Gasteiger partial charge on any atom is -0.299 e. The van der Waals surface area contributed by atoms with E-state index in [1.165, 1.54) is 0 Å². The number of methoxy groups -OCH3 is 1. The normalized spacial score (nSPS) is 15.9. The third-order valence-corrected chi connectivity index (χ3v) is 2.00. The molecule has 0 unspecified atom stereocenters. The molecule has 0 bridgehead atoms. The molecule has 3 nitrogen and oxygen atoms in total. The van der Waals surface area contributed by atoms with E-state index < -0.39 is 43.4 Å². The van der Waals surface area contributed by atoms with Crippen molar-refractivity contribution in [1.29, 1.82) is 0 Å². The van der Waals surface area contributed by atoms with Crippen LogP contribution in [-0.4, -0.2) is 43.6 Å². The molecule has 0 aromatic heterocycles. The van der Waals surface area contributed by atoms with Crippen molar-refractivity contribution in [2.24, 2.45) is 0 Å². The molecule has 0 saturated carbocycles. The van der Waals surface area contributed by atoms with Gasteiger partial charge >= 0.3 is 36.5 Å². The number of alkyl halides is 12. The Morgan fingerprint density at radius 3 is 1.22 bits per heavy atom. The van der Waals surface area contributed by atoms with Crippen LogP contribution in [0.4, 0.5) is 52.7 Å². The van der Waals surface area contributed by atoms with Crippen molar-refractivity contribution in [3.63, 3.8) is 0 Å². The van der Waals surface area contributed by atoms with Gasteiger partial charge in [0.15, 0.2) is 0 Å². The largest absolute Gasteiger partial charge is 0.490 e. The Bertz CT molecular complexity index is 415. The maximum Gasteiger partial charge on any atom is 0.490 e. The quantitative estimate of drug-likeness (QED) is 0.466. The molecule has 0 fully saturated rings. The molecule has 0 aliphatic heterocycles. The Balaban J connectivity index is 5.54. The van der Waals surface area contributed by atoms with Crippen molar-refractivity contribution >= 4 is 0 Å². The number of hydrogen-bond acceptors (Lipinski definition) is 3. The van der Waals surface area contributed by atoms with Crippen molar-refractivity contribution in [2.75, 3.05) is 7.11 Å². The van der Waals surface area contributed by atoms with E-state index in [9.17, 15) is 52.7 Å². The van der Waals surface area contributed by atoms with Crippen molar-refractivity contribution in [1.82, 2.24) is 0 Å². The monoisotopic (exact) mass is 378 g/mol. The second kappa shape index (κ2) is 5.84. The first kappa shape index (κ1) is 22.0. The number of hydrogen-bond donors (Lipinski definition) is 0. The topological polar surface area (TPSA) is 27.7 Å². The fraction of sp³-hybridized carbons (Fsp3) is 1.00. The van der Waals surface area contributed by atoms with Crippen LogP contribution >= 0.6 is 0 Å². The zero-order chi connectivity index (χ0) is 19.1. The van der Waals surface area contributed by atoms with Gasteiger partial charge in [-0.25, -0.2) is 9.47 Å². The average molecular weight is 378 g/mol. The molecule has 0 aromatic carbocycles. The second-order valence-electron chi connectivity index (χ2n) is 3.88. The fourth-order valence-corrected chi connectivity index (χ4v) is 0.790. The first-order valence-electron chi connectivity index (χ1n) is 4.95. The molecule has 0 heterocycles. The van der Waals surface area contributed by atoms with Crippen LogP contribution in [0.1, 0.15) is 6.92 Å². The average Bonchev–Trinajstić information content (AvgIpc) is 2.24. The molecular formula is C8H6F12O3. The summed E-state index contributed by atoms with van der Waals surface area (Å²) < 4.78 is 157. The Morgan fingerprint density at radius 1 is 0.565 bits per heavy atom. The summed E-state index contributed by atoms with van der Waals surface area (Å²) in [7, 11) is -0.0323. The summed E-state index contributed by atoms with van der Waals surface area (Å²) in [5.74, 6) is -12.4. The summed E-state index contributed by atoms with van der Waals surface area (Å²) in [6.45, 7) is -0.851. The lowest BCUT2D eigenvalue weighted by Gasteiger charge is -2.34. The minimum absolute atomic E-state index is 0.0323. The van der Waals surface area contributed by atoms with Crippen LogP contribution in [0, 0.1) is 0 Å². The highest BCUT2D eigenvalue weighted by molar-refractivity contribution is 4.90. The molecule has 0 amide bonds. The minimum atomic E-state index is -6.89. The van der Waals surface area contributed by atoms with Crippen LogP contribution in [0.25, 0.3) is 0 Å². The highest BCUT2D eigenvalue weighted by atomic mass is 19.4. The lowest BCUT2D eigenvalue weighted by Crippen LogP contribution is -2.60. The maximum atomic E-state index is 12.7. The summed E-state index contributed by atoms with van der Waals surface area (Å²) in [4.78, 5) is 0. The zero-order valence-electron chi connectivity index (χ0n) is 10.8. The molecule has 0 aliphatic carbocycles. The molecule has 15 heteroatoms. The molecule has 140 valence electrons. The van der Waals surface area contributed by atoms with Crippen molar-refractivity contribution in [3.8, 4) is 0 Å². The Labute approximate surface area is 119 Å². The third kappa shape index (κ3) is 4.53. The maximum absolute atomic E-state index is 12.7. The van der Waals surface area contributed by atoms with Gasteiger partial charge in [0, 0.05) is 14.0 Å². The smallest absolute Gasteiger partial charge is 0.299 e. The Kier molecular flexibility index (Phi) is 5.60. The molecule has 0 aromatic rings. The van der Waals surface area contributed by atoms with Crippen molar-refractivity contribution in [2.45, 2.75) is 43.4 Å². The van der Waals surface area contributed by atoms with Crippen LogP contribution in [0.3, 0.4) is 0 Å². The van der Waals surface area contributed by atoms with Crippen LogP contribution in [0.2, 0.25) is 0 Å². The van der Waals surface area contributed by atoms with Crippen LogP contribution in [-0.2, 0) is 14.2 Å². The van der Waals surface area contributed by atoms with E-state index in [-0.39, 0.29) is 7.11 Å². The number of rotatable bonds is 8. The first-order chi connectivity index (χ1) is 9.72. The lowest BCUT2D eigenvalue weighted by atomic mass is 10.2. The summed E-state index contributed by atoms with van der Waals surface area (Å²) >= 11 is 0. The molecule has 0 atom stereocenters. The van der Waals surface area contributed by atoms with Gasteiger partial charge in [0.25, 0.3) is 0 Å². The molecule has 0 radical (unpaired) electrons. The highest BCUT2D eigenvalue weighted by Crippen LogP contribution is 2.51. The van der Waals surface area contributed by atoms with Gasteiger partial charge in [0.05, 0.1) is 0 Å². The van der Waals surface area contributed by atoms with Gasteiger partial charge in [-0.1, -0.05) is 0 Å². The van der Waals surface area contributed by atoms with E-state index >= 15 is 0 Å². The van der Waals surface area contributed by atoms with E-state index in [2.05, 4.69) is 9.47 Å². The second-order valence-corrected chi connectivity index (χ2v) is 3.88. The van der Waals surface area contributed by atoms with E-state index in [0.29, 0.717) is 0 Å². The number of ether oxygens (including phenoxy) is 3. The predicted molar refractivity (Wildman–Crippen MR) is 44.5 cm³/mol. The van der Waals surface area contributed by atoms with Gasteiger partial charge in [0.2, 0.25) is 0 Å². The van der Waals surface area contributed by atoms with Crippen molar-refractivity contribution in [3.05, 3.63) is 0 Å². The lowest BCUT2D eigenvalue weighted by molar-refractivity contribution is -0.556. The van der Waals surface area contributed by atoms with Crippen LogP contribution in [0.15, 0.2) is 0 Å². The molecule has 23 heavy (non-hydrogen) atoms. The zero-order valence-corrected chi connectivity index (χ0v) is 10.8. The van der Waals surface area contributed by atoms with Gasteiger partial charge in [-0.05, 0) is 0 Å². The van der Waals surface area contributed by atoms with Gasteiger partial charge in [-0.2, -0.15) is 43.9 Å². The van der Waals surface area contributed by atoms with Gasteiger partial charge in [0.1, 0.15) is 0 Å². The summed E-state index contributed by atoms with van der Waals surface area (Å²) in [6.07, 6.45) is -25.9. The van der Waals surface area contributed by atoms with Crippen molar-refractivity contribution < 1.29 is 66.9 Å². The molecule has 0 aliphatic rings. The standard InChI is InChI=1S/C8H6F12O3/c1-3(9,10)4(11,12)5(13,14)22-6(15,16)7(17,18)23-8(19,20)21-2/h1-2H3. The third-order valence-electron chi connectivity index (χ3n) is 2.00. The van der Waals surface area contributed by atoms with Gasteiger partial charge in [-0.15, -0.1) is 8.78 Å². The summed E-state index contributed by atoms with van der Waals surface area (Å²) in [5, 5.41) is 0. The molecule has 0 N–H and O–H groups in total. The Hall–Kier alpha value is -0.960.